The Hall–Kier alpha value is -1.64. The van der Waals surface area contributed by atoms with Crippen LogP contribution in [-0.4, -0.2) is 17.8 Å². The van der Waals surface area contributed by atoms with Crippen molar-refractivity contribution in [1.82, 2.24) is 0 Å². The Morgan fingerprint density at radius 2 is 1.50 bits per heavy atom. The Balaban J connectivity index is 2.97. The molecular weight excluding hydrogens is 270 g/mol. The summed E-state index contributed by atoms with van der Waals surface area (Å²) in [6.07, 6.45) is -10.0. The highest BCUT2D eigenvalue weighted by Crippen LogP contribution is 2.32. The molecule has 18 heavy (non-hydrogen) atoms. The zero-order valence-corrected chi connectivity index (χ0v) is 8.34. The molecule has 1 rings (SSSR count). The van der Waals surface area contributed by atoms with E-state index >= 15 is 0 Å². The van der Waals surface area contributed by atoms with Gasteiger partial charge in [0.2, 0.25) is 0 Å². The molecule has 0 saturated heterocycles. The minimum absolute atomic E-state index is 0.171. The number of halogens is 6. The van der Waals surface area contributed by atoms with E-state index in [1.807, 2.05) is 0 Å². The largest absolute Gasteiger partial charge is 0.573 e. The van der Waals surface area contributed by atoms with Crippen molar-refractivity contribution in [3.05, 3.63) is 30.4 Å². The zero-order chi connectivity index (χ0) is 14.0. The van der Waals surface area contributed by atoms with Crippen LogP contribution in [0, 0.1) is 6.61 Å². The fourth-order valence-corrected chi connectivity index (χ4v) is 1.04. The fourth-order valence-electron chi connectivity index (χ4n) is 1.04. The van der Waals surface area contributed by atoms with Crippen LogP contribution in [0.3, 0.4) is 0 Å². The number of benzene rings is 1. The Kier molecular flexibility index (Phi) is 3.95. The van der Waals surface area contributed by atoms with Crippen molar-refractivity contribution in [3.63, 3.8) is 0 Å². The third-order valence-corrected chi connectivity index (χ3v) is 1.58. The lowest BCUT2D eigenvalue weighted by molar-refractivity contribution is -0.277. The smallest absolute Gasteiger partial charge is 0.406 e. The van der Waals surface area contributed by atoms with E-state index in [0.717, 1.165) is 0 Å². The van der Waals surface area contributed by atoms with Gasteiger partial charge in [0.05, 0.1) is 0 Å². The summed E-state index contributed by atoms with van der Waals surface area (Å²) in [4.78, 5) is 0. The van der Waals surface area contributed by atoms with Gasteiger partial charge in [-0.3, -0.25) is 0 Å². The summed E-state index contributed by atoms with van der Waals surface area (Å²) in [5.74, 6) is -1.63. The number of hydrogen-bond acceptors (Lipinski definition) is 3. The molecule has 0 aromatic heterocycles. The van der Waals surface area contributed by atoms with Crippen LogP contribution in [-0.2, 0) is 0 Å². The molecule has 3 nitrogen and oxygen atoms in total. The maximum Gasteiger partial charge on any atom is 0.573 e. The molecule has 0 aliphatic rings. The second kappa shape index (κ2) is 4.92. The first-order chi connectivity index (χ1) is 8.11. The molecule has 1 N–H and O–H groups in total. The molecule has 0 atom stereocenters. The number of alkyl halides is 6. The summed E-state index contributed by atoms with van der Waals surface area (Å²) in [6, 6.07) is 1.77. The Morgan fingerprint density at radius 3 is 1.94 bits per heavy atom. The van der Waals surface area contributed by atoms with E-state index < -0.39 is 29.8 Å². The number of aliphatic hydroxyl groups is 1. The van der Waals surface area contributed by atoms with Gasteiger partial charge in [-0.05, 0) is 18.2 Å². The zero-order valence-electron chi connectivity index (χ0n) is 8.34. The molecule has 0 aliphatic carbocycles. The van der Waals surface area contributed by atoms with Crippen LogP contribution < -0.4 is 9.47 Å². The standard InChI is InChI=1S/C9H5F6O3/c10-8(11,12)17-6-1-2-7(5(3-6)4-16)18-9(13,14)15/h1-4,16H. The van der Waals surface area contributed by atoms with E-state index in [2.05, 4.69) is 9.47 Å². The summed E-state index contributed by atoms with van der Waals surface area (Å²) in [7, 11) is 0. The second-order valence-electron chi connectivity index (χ2n) is 2.92. The van der Waals surface area contributed by atoms with Crippen LogP contribution in [0.1, 0.15) is 5.56 Å². The quantitative estimate of drug-likeness (QED) is 0.859. The first-order valence-corrected chi connectivity index (χ1v) is 4.24. The monoisotopic (exact) mass is 275 g/mol. The van der Waals surface area contributed by atoms with Gasteiger partial charge in [0.25, 0.3) is 0 Å². The first-order valence-electron chi connectivity index (χ1n) is 4.24. The predicted molar refractivity (Wildman–Crippen MR) is 45.1 cm³/mol. The molecule has 1 aromatic carbocycles. The molecule has 0 aliphatic heterocycles. The van der Waals surface area contributed by atoms with Gasteiger partial charge < -0.3 is 14.6 Å². The topological polar surface area (TPSA) is 38.7 Å². The summed E-state index contributed by atoms with van der Waals surface area (Å²) in [6.45, 7) is 0.171. The second-order valence-corrected chi connectivity index (χ2v) is 2.92. The van der Waals surface area contributed by atoms with Crippen molar-refractivity contribution in [2.75, 3.05) is 0 Å². The Morgan fingerprint density at radius 1 is 0.944 bits per heavy atom. The normalized spacial score (nSPS) is 12.4. The van der Waals surface area contributed by atoms with Crippen molar-refractivity contribution < 1.29 is 40.9 Å². The van der Waals surface area contributed by atoms with Crippen molar-refractivity contribution in [3.8, 4) is 11.5 Å². The molecule has 0 spiro atoms. The Bertz CT molecular complexity index is 412. The minimum atomic E-state index is -5.02. The molecule has 0 heterocycles. The average molecular weight is 275 g/mol. The molecular formula is C9H5F6O3. The summed E-state index contributed by atoms with van der Waals surface area (Å²) in [5.41, 5.74) is -0.603. The molecule has 1 radical (unpaired) electrons. The van der Waals surface area contributed by atoms with E-state index in [1.54, 1.807) is 0 Å². The fraction of sp³-hybridized carbons (Fsp3) is 0.222. The molecule has 0 unspecified atom stereocenters. The molecule has 1 aromatic rings. The SMILES string of the molecule is O[CH]c1cc(OC(F)(F)F)ccc1OC(F)(F)F. The van der Waals surface area contributed by atoms with Crippen molar-refractivity contribution in [2.45, 2.75) is 12.7 Å². The lowest BCUT2D eigenvalue weighted by Crippen LogP contribution is -2.19. The van der Waals surface area contributed by atoms with Gasteiger partial charge in [-0.2, -0.15) is 0 Å². The maximum atomic E-state index is 11.9. The molecule has 0 amide bonds. The number of ether oxygens (including phenoxy) is 2. The lowest BCUT2D eigenvalue weighted by atomic mass is 10.2. The van der Waals surface area contributed by atoms with Gasteiger partial charge in [-0.15, -0.1) is 26.3 Å². The van der Waals surface area contributed by atoms with E-state index in [0.29, 0.717) is 18.2 Å². The first kappa shape index (κ1) is 14.4. The highest BCUT2D eigenvalue weighted by atomic mass is 19.4. The van der Waals surface area contributed by atoms with Crippen LogP contribution in [0.5, 0.6) is 11.5 Å². The van der Waals surface area contributed by atoms with Crippen molar-refractivity contribution >= 4 is 0 Å². The van der Waals surface area contributed by atoms with Gasteiger partial charge in [-0.1, -0.05) is 0 Å². The number of rotatable bonds is 3. The highest BCUT2D eigenvalue weighted by molar-refractivity contribution is 5.43. The van der Waals surface area contributed by atoms with Crippen LogP contribution >= 0.6 is 0 Å². The predicted octanol–water partition coefficient (Wildman–Crippen LogP) is 3.37. The molecule has 0 bridgehead atoms. The van der Waals surface area contributed by atoms with E-state index in [-0.39, 0.29) is 6.61 Å². The molecule has 101 valence electrons. The number of aliphatic hydroxyl groups excluding tert-OH is 1. The minimum Gasteiger partial charge on any atom is -0.406 e. The van der Waals surface area contributed by atoms with Crippen molar-refractivity contribution in [2.24, 2.45) is 0 Å². The van der Waals surface area contributed by atoms with E-state index in [9.17, 15) is 26.3 Å². The molecule has 0 fully saturated rings. The highest BCUT2D eigenvalue weighted by Gasteiger charge is 2.33. The Labute approximate surface area is 96.5 Å². The van der Waals surface area contributed by atoms with Crippen LogP contribution in [0.4, 0.5) is 26.3 Å². The van der Waals surface area contributed by atoms with Gasteiger partial charge in [0, 0.05) is 5.56 Å². The number of hydrogen-bond donors (Lipinski definition) is 1. The van der Waals surface area contributed by atoms with Crippen LogP contribution in [0.25, 0.3) is 0 Å². The molecule has 9 heteroatoms. The summed E-state index contributed by atoms with van der Waals surface area (Å²) >= 11 is 0. The van der Waals surface area contributed by atoms with E-state index in [4.69, 9.17) is 5.11 Å². The van der Waals surface area contributed by atoms with Gasteiger partial charge in [0.15, 0.2) is 0 Å². The third kappa shape index (κ3) is 4.70. The van der Waals surface area contributed by atoms with Gasteiger partial charge in [-0.25, -0.2) is 0 Å². The van der Waals surface area contributed by atoms with Crippen molar-refractivity contribution in [1.29, 1.82) is 0 Å². The van der Waals surface area contributed by atoms with Gasteiger partial charge >= 0.3 is 12.7 Å². The van der Waals surface area contributed by atoms with Gasteiger partial charge in [0.1, 0.15) is 18.1 Å². The summed E-state index contributed by atoms with van der Waals surface area (Å²) < 4.78 is 78.2. The van der Waals surface area contributed by atoms with E-state index in [1.165, 1.54) is 0 Å². The van der Waals surface area contributed by atoms with Crippen LogP contribution in [0.15, 0.2) is 18.2 Å². The maximum absolute atomic E-state index is 11.9. The average Bonchev–Trinajstić information content (AvgIpc) is 2.16. The lowest BCUT2D eigenvalue weighted by Gasteiger charge is -2.14. The third-order valence-electron chi connectivity index (χ3n) is 1.58. The molecule has 0 saturated carbocycles. The van der Waals surface area contributed by atoms with Crippen LogP contribution in [0.2, 0.25) is 0 Å². The summed E-state index contributed by atoms with van der Waals surface area (Å²) in [5, 5.41) is 8.63.